The molecule has 0 aliphatic heterocycles. The Morgan fingerprint density at radius 3 is 2.27 bits per heavy atom. The second-order valence-corrected chi connectivity index (χ2v) is 4.33. The third kappa shape index (κ3) is 3.66. The van der Waals surface area contributed by atoms with E-state index in [1.165, 1.54) is 30.3 Å². The SMILES string of the molecule is NC(=O)c1ccccc1NC(=O)C(=O)Nc1cccc(F)c1. The molecule has 3 amide bonds. The number of para-hydroxylation sites is 1. The summed E-state index contributed by atoms with van der Waals surface area (Å²) in [6, 6.07) is 11.1. The van der Waals surface area contributed by atoms with Gasteiger partial charge in [0.25, 0.3) is 5.91 Å². The molecule has 0 atom stereocenters. The molecule has 0 fully saturated rings. The molecule has 112 valence electrons. The first-order valence-electron chi connectivity index (χ1n) is 6.24. The van der Waals surface area contributed by atoms with Crippen molar-refractivity contribution >= 4 is 29.1 Å². The highest BCUT2D eigenvalue weighted by Gasteiger charge is 2.17. The topological polar surface area (TPSA) is 101 Å². The van der Waals surface area contributed by atoms with Crippen LogP contribution in [-0.4, -0.2) is 17.7 Å². The minimum Gasteiger partial charge on any atom is -0.366 e. The zero-order valence-corrected chi connectivity index (χ0v) is 11.3. The van der Waals surface area contributed by atoms with E-state index < -0.39 is 23.5 Å². The van der Waals surface area contributed by atoms with Crippen molar-refractivity contribution in [2.45, 2.75) is 0 Å². The van der Waals surface area contributed by atoms with Crippen LogP contribution in [0.5, 0.6) is 0 Å². The predicted molar refractivity (Wildman–Crippen MR) is 78.6 cm³/mol. The van der Waals surface area contributed by atoms with Crippen LogP contribution in [0.15, 0.2) is 48.5 Å². The van der Waals surface area contributed by atoms with Crippen molar-refractivity contribution in [1.29, 1.82) is 0 Å². The van der Waals surface area contributed by atoms with Gasteiger partial charge < -0.3 is 16.4 Å². The maximum atomic E-state index is 13.0. The molecule has 0 aliphatic carbocycles. The fourth-order valence-corrected chi connectivity index (χ4v) is 1.74. The number of nitrogens with two attached hydrogens (primary N) is 1. The van der Waals surface area contributed by atoms with E-state index in [4.69, 9.17) is 5.73 Å². The van der Waals surface area contributed by atoms with Gasteiger partial charge >= 0.3 is 11.8 Å². The van der Waals surface area contributed by atoms with E-state index in [-0.39, 0.29) is 16.9 Å². The maximum Gasteiger partial charge on any atom is 0.314 e. The van der Waals surface area contributed by atoms with Crippen LogP contribution in [-0.2, 0) is 9.59 Å². The van der Waals surface area contributed by atoms with Crippen LogP contribution in [0.4, 0.5) is 15.8 Å². The Balaban J connectivity index is 2.09. The summed E-state index contributed by atoms with van der Waals surface area (Å²) in [5.74, 6) is -3.28. The molecular weight excluding hydrogens is 289 g/mol. The number of hydrogen-bond donors (Lipinski definition) is 3. The highest BCUT2D eigenvalue weighted by atomic mass is 19.1. The smallest absolute Gasteiger partial charge is 0.314 e. The fraction of sp³-hybridized carbons (Fsp3) is 0. The van der Waals surface area contributed by atoms with Gasteiger partial charge in [-0.3, -0.25) is 14.4 Å². The Hall–Kier alpha value is -3.22. The van der Waals surface area contributed by atoms with Gasteiger partial charge in [-0.15, -0.1) is 0 Å². The average Bonchev–Trinajstić information content (AvgIpc) is 2.47. The van der Waals surface area contributed by atoms with Gasteiger partial charge in [0.1, 0.15) is 5.82 Å². The van der Waals surface area contributed by atoms with Crippen LogP contribution >= 0.6 is 0 Å². The summed E-state index contributed by atoms with van der Waals surface area (Å²) in [4.78, 5) is 34.8. The highest BCUT2D eigenvalue weighted by molar-refractivity contribution is 6.44. The van der Waals surface area contributed by atoms with Gasteiger partial charge in [-0.05, 0) is 30.3 Å². The van der Waals surface area contributed by atoms with Crippen molar-refractivity contribution in [1.82, 2.24) is 0 Å². The molecule has 0 unspecified atom stereocenters. The zero-order valence-electron chi connectivity index (χ0n) is 11.3. The van der Waals surface area contributed by atoms with Gasteiger partial charge in [0.05, 0.1) is 11.3 Å². The summed E-state index contributed by atoms with van der Waals surface area (Å²) in [7, 11) is 0. The van der Waals surface area contributed by atoms with Gasteiger partial charge in [-0.25, -0.2) is 4.39 Å². The third-order valence-electron chi connectivity index (χ3n) is 2.73. The van der Waals surface area contributed by atoms with Gasteiger partial charge in [-0.2, -0.15) is 0 Å². The first kappa shape index (κ1) is 15.2. The quantitative estimate of drug-likeness (QED) is 0.749. The summed E-state index contributed by atoms with van der Waals surface area (Å²) >= 11 is 0. The number of hydrogen-bond acceptors (Lipinski definition) is 3. The molecule has 0 bridgehead atoms. The van der Waals surface area contributed by atoms with E-state index in [2.05, 4.69) is 10.6 Å². The Morgan fingerprint density at radius 2 is 1.59 bits per heavy atom. The van der Waals surface area contributed by atoms with Crippen LogP contribution in [0, 0.1) is 5.82 Å². The standard InChI is InChI=1S/C15H12FN3O3/c16-9-4-3-5-10(8-9)18-14(21)15(22)19-12-7-2-1-6-11(12)13(17)20/h1-8H,(H2,17,20)(H,18,21)(H,19,22). The predicted octanol–water partition coefficient (Wildman–Crippen LogP) is 1.50. The van der Waals surface area contributed by atoms with Crippen molar-refractivity contribution in [3.05, 3.63) is 59.9 Å². The molecule has 6 nitrogen and oxygen atoms in total. The van der Waals surface area contributed by atoms with E-state index >= 15 is 0 Å². The molecule has 2 aromatic carbocycles. The summed E-state index contributed by atoms with van der Waals surface area (Å²) < 4.78 is 13.0. The second kappa shape index (κ2) is 6.49. The van der Waals surface area contributed by atoms with E-state index in [0.29, 0.717) is 0 Å². The lowest BCUT2D eigenvalue weighted by Crippen LogP contribution is -2.30. The highest BCUT2D eigenvalue weighted by Crippen LogP contribution is 2.14. The van der Waals surface area contributed by atoms with Crippen LogP contribution in [0.25, 0.3) is 0 Å². The molecule has 0 saturated carbocycles. The molecule has 2 rings (SSSR count). The van der Waals surface area contributed by atoms with Crippen molar-refractivity contribution in [2.75, 3.05) is 10.6 Å². The lowest BCUT2D eigenvalue weighted by atomic mass is 10.1. The Bertz CT molecular complexity index is 746. The molecule has 0 radical (unpaired) electrons. The van der Waals surface area contributed by atoms with Crippen LogP contribution < -0.4 is 16.4 Å². The Morgan fingerprint density at radius 1 is 0.909 bits per heavy atom. The summed E-state index contributed by atoms with van der Waals surface area (Å²) in [6.07, 6.45) is 0. The van der Waals surface area contributed by atoms with E-state index in [1.54, 1.807) is 12.1 Å². The zero-order chi connectivity index (χ0) is 16.1. The van der Waals surface area contributed by atoms with Gasteiger partial charge in [0.2, 0.25) is 0 Å². The van der Waals surface area contributed by atoms with Crippen molar-refractivity contribution in [3.63, 3.8) is 0 Å². The van der Waals surface area contributed by atoms with Crippen molar-refractivity contribution in [3.8, 4) is 0 Å². The minimum atomic E-state index is -1.00. The van der Waals surface area contributed by atoms with Crippen molar-refractivity contribution < 1.29 is 18.8 Å². The van der Waals surface area contributed by atoms with Crippen LogP contribution in [0.3, 0.4) is 0 Å². The van der Waals surface area contributed by atoms with Gasteiger partial charge in [0.15, 0.2) is 0 Å². The molecule has 7 heteroatoms. The summed E-state index contributed by atoms with van der Waals surface area (Å²) in [6.45, 7) is 0. The van der Waals surface area contributed by atoms with E-state index in [1.807, 2.05) is 0 Å². The molecule has 2 aromatic rings. The normalized spacial score (nSPS) is 9.86. The average molecular weight is 301 g/mol. The van der Waals surface area contributed by atoms with Gasteiger partial charge in [-0.1, -0.05) is 18.2 Å². The lowest BCUT2D eigenvalue weighted by Gasteiger charge is -2.09. The Kier molecular flexibility index (Phi) is 4.47. The van der Waals surface area contributed by atoms with Crippen LogP contribution in [0.2, 0.25) is 0 Å². The number of amides is 3. The van der Waals surface area contributed by atoms with E-state index in [0.717, 1.165) is 6.07 Å². The number of halogens is 1. The first-order chi connectivity index (χ1) is 10.5. The molecule has 0 aromatic heterocycles. The van der Waals surface area contributed by atoms with Crippen molar-refractivity contribution in [2.24, 2.45) is 5.73 Å². The minimum absolute atomic E-state index is 0.0782. The molecular formula is C15H12FN3O3. The molecule has 4 N–H and O–H groups in total. The molecule has 0 spiro atoms. The third-order valence-corrected chi connectivity index (χ3v) is 2.73. The summed E-state index contributed by atoms with van der Waals surface area (Å²) in [5, 5.41) is 4.53. The Labute approximate surface area is 125 Å². The monoisotopic (exact) mass is 301 g/mol. The number of benzene rings is 2. The number of nitrogens with one attached hydrogen (secondary N) is 2. The maximum absolute atomic E-state index is 13.0. The number of primary amides is 1. The number of carbonyl (C=O) groups excluding carboxylic acids is 3. The second-order valence-electron chi connectivity index (χ2n) is 4.33. The summed E-state index contributed by atoms with van der Waals surface area (Å²) in [5.41, 5.74) is 5.51. The molecule has 0 saturated heterocycles. The number of carbonyl (C=O) groups is 3. The van der Waals surface area contributed by atoms with Gasteiger partial charge in [0, 0.05) is 5.69 Å². The van der Waals surface area contributed by atoms with Crippen LogP contribution in [0.1, 0.15) is 10.4 Å². The molecule has 0 heterocycles. The molecule has 22 heavy (non-hydrogen) atoms. The first-order valence-corrected chi connectivity index (χ1v) is 6.24. The molecule has 0 aliphatic rings. The largest absolute Gasteiger partial charge is 0.366 e. The number of anilines is 2. The fourth-order valence-electron chi connectivity index (χ4n) is 1.74. The number of rotatable bonds is 3. The lowest BCUT2D eigenvalue weighted by molar-refractivity contribution is -0.133. The van der Waals surface area contributed by atoms with E-state index in [9.17, 15) is 18.8 Å².